The van der Waals surface area contributed by atoms with Crippen molar-refractivity contribution in [2.45, 2.75) is 0 Å². The van der Waals surface area contributed by atoms with Gasteiger partial charge in [0.05, 0.1) is 5.56 Å². The SMILES string of the molecule is O=C(Nc1ncc[nH]1)c1csc2ccccc12. The fraction of sp³-hybridized carbons (Fsp3) is 0. The van der Waals surface area contributed by atoms with Gasteiger partial charge in [0.1, 0.15) is 0 Å². The summed E-state index contributed by atoms with van der Waals surface area (Å²) in [6.07, 6.45) is 3.27. The number of benzene rings is 1. The Bertz CT molecular complexity index is 657. The molecule has 0 bridgehead atoms. The van der Waals surface area contributed by atoms with E-state index < -0.39 is 0 Å². The van der Waals surface area contributed by atoms with Crippen molar-refractivity contribution >= 4 is 33.3 Å². The number of nitrogens with zero attached hydrogens (tertiary/aromatic N) is 1. The first-order valence-electron chi connectivity index (χ1n) is 5.11. The summed E-state index contributed by atoms with van der Waals surface area (Å²) in [7, 11) is 0. The van der Waals surface area contributed by atoms with Crippen molar-refractivity contribution in [3.63, 3.8) is 0 Å². The zero-order chi connectivity index (χ0) is 11.7. The van der Waals surface area contributed by atoms with E-state index in [0.29, 0.717) is 11.5 Å². The van der Waals surface area contributed by atoms with Gasteiger partial charge < -0.3 is 4.98 Å². The lowest BCUT2D eigenvalue weighted by Crippen LogP contribution is -2.12. The molecular weight excluding hydrogens is 234 g/mol. The molecule has 0 saturated heterocycles. The molecule has 1 aromatic carbocycles. The molecule has 2 aromatic heterocycles. The fourth-order valence-corrected chi connectivity index (χ4v) is 2.60. The first-order valence-corrected chi connectivity index (χ1v) is 5.99. The maximum Gasteiger partial charge on any atom is 0.259 e. The molecule has 4 nitrogen and oxygen atoms in total. The molecule has 3 aromatic rings. The topological polar surface area (TPSA) is 57.8 Å². The van der Waals surface area contributed by atoms with Gasteiger partial charge in [-0.3, -0.25) is 10.1 Å². The summed E-state index contributed by atoms with van der Waals surface area (Å²) in [6.45, 7) is 0. The number of carbonyl (C=O) groups is 1. The third kappa shape index (κ3) is 1.81. The zero-order valence-corrected chi connectivity index (χ0v) is 9.62. The van der Waals surface area contributed by atoms with Crippen LogP contribution < -0.4 is 5.32 Å². The summed E-state index contributed by atoms with van der Waals surface area (Å²) in [4.78, 5) is 18.8. The monoisotopic (exact) mass is 243 g/mol. The number of anilines is 1. The van der Waals surface area contributed by atoms with E-state index >= 15 is 0 Å². The van der Waals surface area contributed by atoms with Crippen LogP contribution in [0.25, 0.3) is 10.1 Å². The van der Waals surface area contributed by atoms with E-state index in [1.165, 1.54) is 0 Å². The van der Waals surface area contributed by atoms with Crippen molar-refractivity contribution in [2.75, 3.05) is 5.32 Å². The van der Waals surface area contributed by atoms with Crippen molar-refractivity contribution < 1.29 is 4.79 Å². The molecule has 0 unspecified atom stereocenters. The Hall–Kier alpha value is -2.14. The first-order chi connectivity index (χ1) is 8.34. The summed E-state index contributed by atoms with van der Waals surface area (Å²) in [5, 5.41) is 5.56. The summed E-state index contributed by atoms with van der Waals surface area (Å²) in [5.74, 6) is 0.322. The summed E-state index contributed by atoms with van der Waals surface area (Å²) in [6, 6.07) is 7.85. The third-order valence-electron chi connectivity index (χ3n) is 2.46. The molecule has 0 aliphatic heterocycles. The van der Waals surface area contributed by atoms with E-state index in [9.17, 15) is 4.79 Å². The molecule has 0 atom stereocenters. The molecule has 0 aliphatic carbocycles. The molecule has 0 spiro atoms. The molecule has 3 rings (SSSR count). The van der Waals surface area contributed by atoms with Crippen LogP contribution >= 0.6 is 11.3 Å². The Labute approximate surface area is 101 Å². The number of amides is 1. The number of fused-ring (bicyclic) bond motifs is 1. The molecule has 0 fully saturated rings. The fourth-order valence-electron chi connectivity index (χ4n) is 1.66. The second-order valence-corrected chi connectivity index (χ2v) is 4.45. The van der Waals surface area contributed by atoms with Crippen LogP contribution in [0.15, 0.2) is 42.0 Å². The van der Waals surface area contributed by atoms with E-state index in [1.54, 1.807) is 23.7 Å². The smallest absolute Gasteiger partial charge is 0.259 e. The van der Waals surface area contributed by atoms with Crippen LogP contribution in [0.4, 0.5) is 5.95 Å². The molecule has 2 heterocycles. The summed E-state index contributed by atoms with van der Waals surface area (Å²) >= 11 is 1.56. The quantitative estimate of drug-likeness (QED) is 0.727. The minimum Gasteiger partial charge on any atom is -0.331 e. The highest BCUT2D eigenvalue weighted by molar-refractivity contribution is 7.17. The van der Waals surface area contributed by atoms with Gasteiger partial charge in [0, 0.05) is 27.9 Å². The van der Waals surface area contributed by atoms with Gasteiger partial charge in [-0.25, -0.2) is 4.98 Å². The van der Waals surface area contributed by atoms with Gasteiger partial charge in [-0.1, -0.05) is 18.2 Å². The van der Waals surface area contributed by atoms with Crippen LogP contribution in [0.2, 0.25) is 0 Å². The summed E-state index contributed by atoms with van der Waals surface area (Å²) < 4.78 is 1.11. The maximum absolute atomic E-state index is 12.0. The Morgan fingerprint density at radius 3 is 3.06 bits per heavy atom. The number of H-pyrrole nitrogens is 1. The average molecular weight is 243 g/mol. The van der Waals surface area contributed by atoms with Crippen molar-refractivity contribution in [2.24, 2.45) is 0 Å². The van der Waals surface area contributed by atoms with Crippen LogP contribution in [0.5, 0.6) is 0 Å². The average Bonchev–Trinajstić information content (AvgIpc) is 2.96. The lowest BCUT2D eigenvalue weighted by atomic mass is 10.2. The van der Waals surface area contributed by atoms with Gasteiger partial charge in [-0.15, -0.1) is 11.3 Å². The molecule has 5 heteroatoms. The van der Waals surface area contributed by atoms with Crippen LogP contribution in [0.1, 0.15) is 10.4 Å². The van der Waals surface area contributed by atoms with Crippen molar-refractivity contribution in [1.29, 1.82) is 0 Å². The van der Waals surface area contributed by atoms with Gasteiger partial charge in [-0.2, -0.15) is 0 Å². The van der Waals surface area contributed by atoms with Crippen molar-refractivity contribution in [1.82, 2.24) is 9.97 Å². The van der Waals surface area contributed by atoms with E-state index in [4.69, 9.17) is 0 Å². The minimum atomic E-state index is -0.141. The number of imidazole rings is 1. The number of rotatable bonds is 2. The van der Waals surface area contributed by atoms with E-state index in [2.05, 4.69) is 15.3 Å². The Balaban J connectivity index is 1.96. The van der Waals surface area contributed by atoms with E-state index in [-0.39, 0.29) is 5.91 Å². The van der Waals surface area contributed by atoms with Crippen molar-refractivity contribution in [3.05, 3.63) is 47.6 Å². The molecule has 2 N–H and O–H groups in total. The predicted octanol–water partition coefficient (Wildman–Crippen LogP) is 2.88. The largest absolute Gasteiger partial charge is 0.331 e. The highest BCUT2D eigenvalue weighted by Crippen LogP contribution is 2.25. The number of carbonyl (C=O) groups excluding carboxylic acids is 1. The molecule has 0 aliphatic rings. The van der Waals surface area contributed by atoms with Gasteiger partial charge in [-0.05, 0) is 6.07 Å². The van der Waals surface area contributed by atoms with Gasteiger partial charge in [0.15, 0.2) is 0 Å². The number of aromatic amines is 1. The summed E-state index contributed by atoms with van der Waals surface area (Å²) in [5.41, 5.74) is 0.682. The molecule has 0 radical (unpaired) electrons. The molecule has 17 heavy (non-hydrogen) atoms. The molecule has 1 amide bonds. The molecular formula is C12H9N3OS. The highest BCUT2D eigenvalue weighted by atomic mass is 32.1. The van der Waals surface area contributed by atoms with Crippen LogP contribution in [-0.2, 0) is 0 Å². The Kier molecular flexibility index (Phi) is 2.38. The van der Waals surface area contributed by atoms with Gasteiger partial charge in [0.25, 0.3) is 5.91 Å². The lowest BCUT2D eigenvalue weighted by Gasteiger charge is -2.00. The van der Waals surface area contributed by atoms with Crippen molar-refractivity contribution in [3.8, 4) is 0 Å². The number of nitrogens with one attached hydrogen (secondary N) is 2. The Morgan fingerprint density at radius 1 is 1.35 bits per heavy atom. The number of hydrogen-bond donors (Lipinski definition) is 2. The minimum absolute atomic E-state index is 0.141. The van der Waals surface area contributed by atoms with Crippen LogP contribution in [-0.4, -0.2) is 15.9 Å². The standard InChI is InChI=1S/C12H9N3OS/c16-11(15-12-13-5-6-14-12)9-7-17-10-4-2-1-3-8(9)10/h1-7H,(H2,13,14,15,16). The highest BCUT2D eigenvalue weighted by Gasteiger charge is 2.12. The second kappa shape index (κ2) is 4.03. The normalized spacial score (nSPS) is 10.6. The van der Waals surface area contributed by atoms with E-state index in [1.807, 2.05) is 29.6 Å². The maximum atomic E-state index is 12.0. The van der Waals surface area contributed by atoms with E-state index in [0.717, 1.165) is 10.1 Å². The molecule has 84 valence electrons. The van der Waals surface area contributed by atoms with Gasteiger partial charge >= 0.3 is 0 Å². The van der Waals surface area contributed by atoms with Gasteiger partial charge in [0.2, 0.25) is 5.95 Å². The number of hydrogen-bond acceptors (Lipinski definition) is 3. The second-order valence-electron chi connectivity index (χ2n) is 3.54. The zero-order valence-electron chi connectivity index (χ0n) is 8.81. The number of aromatic nitrogens is 2. The van der Waals surface area contributed by atoms with Crippen LogP contribution in [0, 0.1) is 0 Å². The molecule has 0 saturated carbocycles. The number of thiophene rings is 1. The van der Waals surface area contributed by atoms with Crippen LogP contribution in [0.3, 0.4) is 0 Å². The third-order valence-corrected chi connectivity index (χ3v) is 3.42. The first kappa shape index (κ1) is 10.0. The lowest BCUT2D eigenvalue weighted by molar-refractivity contribution is 0.102. The Morgan fingerprint density at radius 2 is 2.24 bits per heavy atom. The predicted molar refractivity (Wildman–Crippen MR) is 68.4 cm³/mol.